The van der Waals surface area contributed by atoms with Gasteiger partial charge in [-0.15, -0.1) is 0 Å². The molecule has 0 radical (unpaired) electrons. The summed E-state index contributed by atoms with van der Waals surface area (Å²) >= 11 is 0. The molecule has 1 fully saturated rings. The van der Waals surface area contributed by atoms with E-state index in [4.69, 9.17) is 15.2 Å². The number of aldehydes is 1. The second kappa shape index (κ2) is 30.1. The van der Waals surface area contributed by atoms with Gasteiger partial charge in [0.25, 0.3) is 0 Å². The molecule has 1 amide bonds. The number of benzene rings is 2. The van der Waals surface area contributed by atoms with Gasteiger partial charge >= 0.3 is 0 Å². The smallest absolute Gasteiger partial charge is 0.217 e. The van der Waals surface area contributed by atoms with Crippen molar-refractivity contribution in [3.8, 4) is 11.5 Å². The third kappa shape index (κ3) is 24.6. The predicted octanol–water partition coefficient (Wildman–Crippen LogP) is 8.51. The number of aryl methyl sites for hydroxylation is 1. The Morgan fingerprint density at radius 1 is 0.829 bits per heavy atom. The number of nitrogens with zero attached hydrogens (tertiary/aromatic N) is 1. The van der Waals surface area contributed by atoms with E-state index < -0.39 is 0 Å². The van der Waals surface area contributed by atoms with E-state index in [-0.39, 0.29) is 5.91 Å². The molecule has 6 heteroatoms. The van der Waals surface area contributed by atoms with Gasteiger partial charge in [-0.25, -0.2) is 0 Å². The van der Waals surface area contributed by atoms with Gasteiger partial charge in [-0.3, -0.25) is 9.59 Å². The van der Waals surface area contributed by atoms with Gasteiger partial charge in [-0.05, 0) is 101 Å². The zero-order valence-electron chi connectivity index (χ0n) is 27.3. The first-order chi connectivity index (χ1) is 19.9. The molecule has 0 aliphatic carbocycles. The quantitative estimate of drug-likeness (QED) is 0.192. The summed E-state index contributed by atoms with van der Waals surface area (Å²) in [4.78, 5) is 23.4. The third-order valence-corrected chi connectivity index (χ3v) is 5.73. The highest BCUT2D eigenvalue weighted by Gasteiger charge is 2.10. The minimum Gasteiger partial charge on any atom is -0.494 e. The molecule has 6 nitrogen and oxygen atoms in total. The number of hydrogen-bond donors (Lipinski definition) is 1. The van der Waals surface area contributed by atoms with Crippen LogP contribution >= 0.6 is 0 Å². The number of rotatable bonds is 13. The predicted molar refractivity (Wildman–Crippen MR) is 175 cm³/mol. The van der Waals surface area contributed by atoms with Gasteiger partial charge in [-0.1, -0.05) is 72.9 Å². The number of ether oxygens (including phenoxy) is 2. The molecule has 2 N–H and O–H groups in total. The molecule has 0 bridgehead atoms. The maximum atomic E-state index is 10.4. The van der Waals surface area contributed by atoms with Crippen LogP contribution < -0.4 is 15.2 Å². The van der Waals surface area contributed by atoms with Gasteiger partial charge in [0.1, 0.15) is 17.8 Å². The molecule has 41 heavy (non-hydrogen) atoms. The van der Waals surface area contributed by atoms with Crippen LogP contribution in [-0.4, -0.2) is 49.9 Å². The van der Waals surface area contributed by atoms with Gasteiger partial charge in [0.15, 0.2) is 0 Å². The van der Waals surface area contributed by atoms with Crippen LogP contribution in [0, 0.1) is 0 Å². The van der Waals surface area contributed by atoms with Crippen LogP contribution in [0.1, 0.15) is 116 Å². The lowest BCUT2D eigenvalue weighted by Gasteiger charge is -2.14. The molecule has 0 spiro atoms. The normalized spacial score (nSPS) is 11.6. The summed E-state index contributed by atoms with van der Waals surface area (Å²) in [7, 11) is 0. The summed E-state index contributed by atoms with van der Waals surface area (Å²) in [6.45, 7) is 19.7. The van der Waals surface area contributed by atoms with E-state index in [0.717, 1.165) is 18.6 Å². The fraction of sp³-hybridized carbons (Fsp3) is 0.600. The van der Waals surface area contributed by atoms with E-state index in [1.54, 1.807) is 24.3 Å². The van der Waals surface area contributed by atoms with Crippen molar-refractivity contribution in [1.29, 1.82) is 0 Å². The molecule has 3 rings (SSSR count). The first-order valence-electron chi connectivity index (χ1n) is 15.8. The topological polar surface area (TPSA) is 81.9 Å². The summed E-state index contributed by atoms with van der Waals surface area (Å²) < 4.78 is 10.8. The lowest BCUT2D eigenvalue weighted by atomic mass is 10.1. The second-order valence-electron chi connectivity index (χ2n) is 9.54. The minimum absolute atomic E-state index is 0.324. The third-order valence-electron chi connectivity index (χ3n) is 5.73. The summed E-state index contributed by atoms with van der Waals surface area (Å²) in [5, 5.41) is 0. The van der Waals surface area contributed by atoms with Gasteiger partial charge in [0, 0.05) is 12.0 Å². The number of carbonyl (C=O) groups excluding carboxylic acids is 2. The van der Waals surface area contributed by atoms with Crippen LogP contribution in [0.15, 0.2) is 48.5 Å². The number of hydrogen-bond acceptors (Lipinski definition) is 5. The van der Waals surface area contributed by atoms with Crippen molar-refractivity contribution in [1.82, 2.24) is 4.90 Å². The van der Waals surface area contributed by atoms with Crippen molar-refractivity contribution in [2.45, 2.75) is 106 Å². The summed E-state index contributed by atoms with van der Waals surface area (Å²) in [6, 6.07) is 15.3. The summed E-state index contributed by atoms with van der Waals surface area (Å²) in [5.41, 5.74) is 7.01. The number of carbonyl (C=O) groups is 2. The van der Waals surface area contributed by atoms with Gasteiger partial charge < -0.3 is 20.1 Å². The maximum Gasteiger partial charge on any atom is 0.217 e. The number of primary amides is 1. The monoisotopic (exact) mass is 572 g/mol. The Morgan fingerprint density at radius 2 is 1.34 bits per heavy atom. The van der Waals surface area contributed by atoms with Gasteiger partial charge in [-0.2, -0.15) is 0 Å². The molecule has 0 aromatic heterocycles. The zero-order valence-corrected chi connectivity index (χ0v) is 27.3. The standard InChI is InChI=1S/C15H23NO.C11H13NO3.C4H10.C3H8.C2H6/c1-2-17-15-9-7-14(8-10-15)6-5-13-16-11-3-4-12-16;12-11(14)2-1-7-15-10-5-3-9(8-13)4-6-10;1-3-4-2;1-3-2;1-2/h7-10H,2-6,11-13H2,1H3;3-6,8H,1-2,7H2,(H2,12,14);3-4H2,1-2H3;3H2,1-2H3;1-2H3. The highest BCUT2D eigenvalue weighted by Crippen LogP contribution is 2.14. The number of amides is 1. The largest absolute Gasteiger partial charge is 0.494 e. The highest BCUT2D eigenvalue weighted by molar-refractivity contribution is 5.74. The second-order valence-corrected chi connectivity index (χ2v) is 9.54. The van der Waals surface area contributed by atoms with Crippen LogP contribution in [0.25, 0.3) is 0 Å². The number of nitrogens with two attached hydrogens (primary N) is 1. The molecule has 1 aliphatic rings. The van der Waals surface area contributed by atoms with Gasteiger partial charge in [0.2, 0.25) is 5.91 Å². The fourth-order valence-electron chi connectivity index (χ4n) is 3.51. The highest BCUT2D eigenvalue weighted by atomic mass is 16.5. The Labute approximate surface area is 252 Å². The van der Waals surface area contributed by atoms with Crippen molar-refractivity contribution < 1.29 is 19.1 Å². The molecule has 0 atom stereocenters. The van der Waals surface area contributed by atoms with E-state index in [9.17, 15) is 9.59 Å². The molecule has 1 heterocycles. The minimum atomic E-state index is -0.324. The summed E-state index contributed by atoms with van der Waals surface area (Å²) in [6.07, 6.45) is 10.8. The first-order valence-corrected chi connectivity index (χ1v) is 15.8. The molecule has 1 saturated heterocycles. The Balaban J connectivity index is 0. The van der Waals surface area contributed by atoms with Crippen LogP contribution in [0.5, 0.6) is 11.5 Å². The molecular weight excluding hydrogens is 512 g/mol. The molecule has 0 saturated carbocycles. The SMILES string of the molecule is CC.CCC.CCCC.CCOc1ccc(CCCN2CCCC2)cc1.NC(=O)CCCOc1ccc(C=O)cc1. The molecule has 2 aromatic rings. The maximum absolute atomic E-state index is 10.4. The molecule has 0 unspecified atom stereocenters. The summed E-state index contributed by atoms with van der Waals surface area (Å²) in [5.74, 6) is 1.34. The Kier molecular flexibility index (Phi) is 29.6. The van der Waals surface area contributed by atoms with E-state index >= 15 is 0 Å². The average Bonchev–Trinajstić information content (AvgIpc) is 3.52. The van der Waals surface area contributed by atoms with Gasteiger partial charge in [0.05, 0.1) is 13.2 Å². The van der Waals surface area contributed by atoms with Crippen LogP contribution in [0.4, 0.5) is 0 Å². The van der Waals surface area contributed by atoms with Crippen molar-refractivity contribution in [2.24, 2.45) is 5.73 Å². The van der Waals surface area contributed by atoms with Crippen LogP contribution in [0.3, 0.4) is 0 Å². The Bertz CT molecular complexity index is 830. The average molecular weight is 573 g/mol. The fourth-order valence-corrected chi connectivity index (χ4v) is 3.51. The zero-order chi connectivity index (χ0) is 31.1. The van der Waals surface area contributed by atoms with Crippen LogP contribution in [-0.2, 0) is 11.2 Å². The van der Waals surface area contributed by atoms with Crippen molar-refractivity contribution in [3.05, 3.63) is 59.7 Å². The number of unbranched alkanes of at least 4 members (excludes halogenated alkanes) is 1. The Morgan fingerprint density at radius 3 is 1.80 bits per heavy atom. The lowest BCUT2D eigenvalue weighted by Crippen LogP contribution is -2.20. The molecular formula is C35H60N2O4. The first kappa shape index (κ1) is 40.3. The Hall–Kier alpha value is -2.86. The van der Waals surface area contributed by atoms with Crippen LogP contribution in [0.2, 0.25) is 0 Å². The molecule has 234 valence electrons. The lowest BCUT2D eigenvalue weighted by molar-refractivity contribution is -0.118. The van der Waals surface area contributed by atoms with E-state index in [2.05, 4.69) is 56.9 Å². The number of likely N-dealkylation sites (tertiary alicyclic amines) is 1. The van der Waals surface area contributed by atoms with Crippen molar-refractivity contribution in [3.63, 3.8) is 0 Å². The van der Waals surface area contributed by atoms with E-state index in [0.29, 0.717) is 30.8 Å². The van der Waals surface area contributed by atoms with Crippen molar-refractivity contribution in [2.75, 3.05) is 32.8 Å². The van der Waals surface area contributed by atoms with Crippen molar-refractivity contribution >= 4 is 12.2 Å². The molecule has 1 aliphatic heterocycles. The van der Waals surface area contributed by atoms with E-state index in [1.165, 1.54) is 70.1 Å². The molecule has 2 aromatic carbocycles. The van der Waals surface area contributed by atoms with E-state index in [1.807, 2.05) is 20.8 Å².